The lowest BCUT2D eigenvalue weighted by Gasteiger charge is -2.28. The highest BCUT2D eigenvalue weighted by Gasteiger charge is 2.29. The molecule has 1 aliphatic heterocycles. The second kappa shape index (κ2) is 9.64. The molecule has 11 heteroatoms. The van der Waals surface area contributed by atoms with Crippen LogP contribution >= 0.6 is 0 Å². The third-order valence-electron chi connectivity index (χ3n) is 6.68. The van der Waals surface area contributed by atoms with Gasteiger partial charge in [0.1, 0.15) is 23.2 Å². The molecule has 194 valence electrons. The molecule has 1 atom stereocenters. The number of fused-ring (bicyclic) bond motifs is 1. The normalized spacial score (nSPS) is 17.9. The zero-order valence-corrected chi connectivity index (χ0v) is 21.6. The topological polar surface area (TPSA) is 105 Å². The van der Waals surface area contributed by atoms with Gasteiger partial charge in [0.05, 0.1) is 35.6 Å². The summed E-state index contributed by atoms with van der Waals surface area (Å²) in [5.41, 5.74) is 4.20. The molecule has 4 aromatic heterocycles. The molecule has 0 radical (unpaired) electrons. The van der Waals surface area contributed by atoms with Gasteiger partial charge in [-0.1, -0.05) is 18.2 Å². The van der Waals surface area contributed by atoms with Crippen LogP contribution in [0.4, 0.5) is 16.0 Å². The van der Waals surface area contributed by atoms with E-state index >= 15 is 0 Å². The van der Waals surface area contributed by atoms with Crippen LogP contribution in [-0.4, -0.2) is 51.8 Å². The summed E-state index contributed by atoms with van der Waals surface area (Å²) in [6.45, 7) is 0.845. The van der Waals surface area contributed by atoms with Gasteiger partial charge in [0, 0.05) is 13.0 Å². The van der Waals surface area contributed by atoms with Crippen molar-refractivity contribution >= 4 is 27.3 Å². The molecule has 1 aliphatic carbocycles. The van der Waals surface area contributed by atoms with Crippen molar-refractivity contribution in [1.29, 1.82) is 0 Å². The molecule has 38 heavy (non-hydrogen) atoms. The van der Waals surface area contributed by atoms with Crippen LogP contribution in [0.3, 0.4) is 0 Å². The molecule has 0 saturated carbocycles. The number of nitrogens with one attached hydrogen (secondary N) is 1. The molecule has 0 aromatic carbocycles. The van der Waals surface area contributed by atoms with Crippen molar-refractivity contribution in [2.45, 2.75) is 31.7 Å². The zero-order chi connectivity index (χ0) is 26.3. The van der Waals surface area contributed by atoms with E-state index in [2.05, 4.69) is 25.7 Å². The Balaban J connectivity index is 1.34. The van der Waals surface area contributed by atoms with Crippen LogP contribution < -0.4 is 9.62 Å². The van der Waals surface area contributed by atoms with Crippen LogP contribution in [0.5, 0.6) is 0 Å². The number of rotatable bonds is 6. The second-order valence-electron chi connectivity index (χ2n) is 9.48. The van der Waals surface area contributed by atoms with Gasteiger partial charge in [-0.05, 0) is 67.3 Å². The van der Waals surface area contributed by atoms with Crippen molar-refractivity contribution in [2.24, 2.45) is 0 Å². The van der Waals surface area contributed by atoms with Gasteiger partial charge in [0.2, 0.25) is 10.0 Å². The van der Waals surface area contributed by atoms with Crippen molar-refractivity contribution in [3.05, 3.63) is 78.3 Å². The first-order valence-electron chi connectivity index (χ1n) is 12.4. The summed E-state index contributed by atoms with van der Waals surface area (Å²) < 4.78 is 41.4. The highest BCUT2D eigenvalue weighted by molar-refractivity contribution is 7.92. The second-order valence-corrected chi connectivity index (χ2v) is 11.2. The highest BCUT2D eigenvalue weighted by atomic mass is 32.2. The SMILES string of the molecule is CS(=O)(=O)Nc1cccc(-c2cccc(-c3cnc4ccc(N5CCC[C@@H]5C5=CCCC(F)=C5)nn34)n2)n1. The Morgan fingerprint density at radius 1 is 1.03 bits per heavy atom. The fourth-order valence-electron chi connectivity index (χ4n) is 5.04. The van der Waals surface area contributed by atoms with Crippen molar-refractivity contribution < 1.29 is 12.8 Å². The van der Waals surface area contributed by atoms with Crippen molar-refractivity contribution in [3.8, 4) is 22.8 Å². The fraction of sp³-hybridized carbons (Fsp3) is 0.259. The lowest BCUT2D eigenvalue weighted by atomic mass is 9.98. The molecule has 0 unspecified atom stereocenters. The van der Waals surface area contributed by atoms with Gasteiger partial charge in [0.25, 0.3) is 0 Å². The van der Waals surface area contributed by atoms with E-state index in [1.165, 1.54) is 0 Å². The molecule has 0 bridgehead atoms. The molecule has 2 aliphatic rings. The summed E-state index contributed by atoms with van der Waals surface area (Å²) in [6.07, 6.45) is 9.79. The Morgan fingerprint density at radius 3 is 2.63 bits per heavy atom. The minimum absolute atomic E-state index is 0.0623. The first-order valence-corrected chi connectivity index (χ1v) is 14.3. The molecule has 1 N–H and O–H groups in total. The Hall–Kier alpha value is -4.12. The molecule has 5 heterocycles. The van der Waals surface area contributed by atoms with E-state index in [9.17, 15) is 12.8 Å². The number of nitrogens with zero attached hydrogens (tertiary/aromatic N) is 6. The van der Waals surface area contributed by atoms with Crippen LogP contribution in [0.1, 0.15) is 25.7 Å². The van der Waals surface area contributed by atoms with Crippen LogP contribution in [0.15, 0.2) is 78.3 Å². The summed E-state index contributed by atoms with van der Waals surface area (Å²) in [6, 6.07) is 14.6. The number of allylic oxidation sites excluding steroid dienone is 2. The Kier molecular flexibility index (Phi) is 6.15. The van der Waals surface area contributed by atoms with Gasteiger partial charge in [-0.3, -0.25) is 4.72 Å². The Bertz CT molecular complexity index is 1700. The molecule has 6 rings (SSSR count). The molecule has 4 aromatic rings. The average molecular weight is 532 g/mol. The standard InChI is InChI=1S/C27H26FN7O2S/c1-38(36,37)33-25-12-4-9-21(31-25)20-8-3-10-22(30-20)24-17-29-26-13-14-27(32-35(24)26)34-15-5-11-23(34)18-6-2-7-19(28)16-18/h3-4,6,8-10,12-14,16-17,23H,2,5,7,11,15H2,1H3,(H,31,33)/t23-/m1/s1. The maximum atomic E-state index is 14.0. The predicted molar refractivity (Wildman–Crippen MR) is 145 cm³/mol. The van der Waals surface area contributed by atoms with Gasteiger partial charge >= 0.3 is 0 Å². The number of imidazole rings is 1. The predicted octanol–water partition coefficient (Wildman–Crippen LogP) is 4.77. The fourth-order valence-corrected chi connectivity index (χ4v) is 5.54. The van der Waals surface area contributed by atoms with Crippen LogP contribution in [0.2, 0.25) is 0 Å². The lowest BCUT2D eigenvalue weighted by molar-refractivity contribution is 0.579. The Morgan fingerprint density at radius 2 is 1.82 bits per heavy atom. The maximum Gasteiger partial charge on any atom is 0.230 e. The lowest BCUT2D eigenvalue weighted by Crippen LogP contribution is -2.32. The number of pyridine rings is 2. The third-order valence-corrected chi connectivity index (χ3v) is 7.26. The average Bonchev–Trinajstić information content (AvgIpc) is 3.55. The smallest absolute Gasteiger partial charge is 0.230 e. The van der Waals surface area contributed by atoms with Crippen molar-refractivity contribution in [2.75, 3.05) is 22.4 Å². The summed E-state index contributed by atoms with van der Waals surface area (Å²) >= 11 is 0. The number of hydrogen-bond acceptors (Lipinski definition) is 7. The minimum Gasteiger partial charge on any atom is -0.348 e. The molecule has 0 spiro atoms. The minimum atomic E-state index is -3.45. The van der Waals surface area contributed by atoms with E-state index in [-0.39, 0.29) is 17.7 Å². The zero-order valence-electron chi connectivity index (χ0n) is 20.7. The van der Waals surface area contributed by atoms with Gasteiger partial charge in [-0.15, -0.1) is 5.10 Å². The number of aromatic nitrogens is 5. The van der Waals surface area contributed by atoms with Crippen LogP contribution in [-0.2, 0) is 10.0 Å². The molecule has 1 saturated heterocycles. The third kappa shape index (κ3) is 4.89. The van der Waals surface area contributed by atoms with Crippen molar-refractivity contribution in [3.63, 3.8) is 0 Å². The quantitative estimate of drug-likeness (QED) is 0.382. The maximum absolute atomic E-state index is 14.0. The number of sulfonamides is 1. The molecular weight excluding hydrogens is 505 g/mol. The van der Waals surface area contributed by atoms with Gasteiger partial charge in [0.15, 0.2) is 5.65 Å². The monoisotopic (exact) mass is 531 g/mol. The van der Waals surface area contributed by atoms with Gasteiger partial charge < -0.3 is 4.90 Å². The summed E-state index contributed by atoms with van der Waals surface area (Å²) in [5.74, 6) is 0.964. The van der Waals surface area contributed by atoms with E-state index in [4.69, 9.17) is 10.1 Å². The molecule has 1 fully saturated rings. The summed E-state index contributed by atoms with van der Waals surface area (Å²) in [5, 5.41) is 4.92. The van der Waals surface area contributed by atoms with E-state index in [0.717, 1.165) is 43.5 Å². The number of halogens is 1. The Labute approximate surface area is 219 Å². The largest absolute Gasteiger partial charge is 0.348 e. The number of anilines is 2. The van der Waals surface area contributed by atoms with E-state index in [0.29, 0.717) is 34.8 Å². The molecular formula is C27H26FN7O2S. The highest BCUT2D eigenvalue weighted by Crippen LogP contribution is 2.33. The first kappa shape index (κ1) is 24.2. The van der Waals surface area contributed by atoms with E-state index < -0.39 is 10.0 Å². The summed E-state index contributed by atoms with van der Waals surface area (Å²) in [7, 11) is -3.45. The van der Waals surface area contributed by atoms with Crippen LogP contribution in [0, 0.1) is 0 Å². The first-order chi connectivity index (χ1) is 18.3. The van der Waals surface area contributed by atoms with Crippen LogP contribution in [0.25, 0.3) is 28.4 Å². The van der Waals surface area contributed by atoms with Gasteiger partial charge in [-0.2, -0.15) is 0 Å². The molecule has 0 amide bonds. The summed E-state index contributed by atoms with van der Waals surface area (Å²) in [4.78, 5) is 15.9. The van der Waals surface area contributed by atoms with Crippen molar-refractivity contribution in [1.82, 2.24) is 24.6 Å². The van der Waals surface area contributed by atoms with E-state index in [1.54, 1.807) is 35.0 Å². The van der Waals surface area contributed by atoms with E-state index in [1.807, 2.05) is 30.3 Å². The van der Waals surface area contributed by atoms with Gasteiger partial charge in [-0.25, -0.2) is 32.3 Å². The number of hydrogen-bond donors (Lipinski definition) is 1. The molecule has 9 nitrogen and oxygen atoms in total.